The Morgan fingerprint density at radius 1 is 1.10 bits per heavy atom. The summed E-state index contributed by atoms with van der Waals surface area (Å²) < 4.78 is 0. The molecule has 0 bridgehead atoms. The summed E-state index contributed by atoms with van der Waals surface area (Å²) in [6.07, 6.45) is 2.52. The highest BCUT2D eigenvalue weighted by molar-refractivity contribution is 7.12. The van der Waals surface area contributed by atoms with E-state index in [0.717, 1.165) is 24.8 Å². The lowest BCUT2D eigenvalue weighted by molar-refractivity contribution is 0.0185. The Hall–Kier alpha value is -1.65. The lowest BCUT2D eigenvalue weighted by atomic mass is 9.73. The van der Waals surface area contributed by atoms with Gasteiger partial charge >= 0.3 is 0 Å². The number of hydrogen-bond acceptors (Lipinski definition) is 3. The van der Waals surface area contributed by atoms with Gasteiger partial charge in [0, 0.05) is 20.7 Å². The van der Waals surface area contributed by atoms with Crippen molar-refractivity contribution in [2.45, 2.75) is 86.2 Å². The third-order valence-corrected chi connectivity index (χ3v) is 8.14. The molecule has 2 aromatic rings. The number of aliphatic hydroxyl groups is 1. The molecule has 0 spiro atoms. The minimum atomic E-state index is -0.377. The van der Waals surface area contributed by atoms with Gasteiger partial charge in [-0.05, 0) is 73.3 Å². The number of amides is 1. The van der Waals surface area contributed by atoms with Crippen LogP contribution in [0, 0.1) is 25.2 Å². The number of hydrogen-bond donors (Lipinski definition) is 2. The molecule has 166 valence electrons. The van der Waals surface area contributed by atoms with Crippen LogP contribution in [0.25, 0.3) is 0 Å². The van der Waals surface area contributed by atoms with Crippen LogP contribution in [0.2, 0.25) is 0 Å². The SMILES string of the molecule is CCC(CC)(c1ccc(C(N)=O)c(C)c1)c1cc(C)c(CC(C)C(O)C(C)(C)C)s1. The van der Waals surface area contributed by atoms with Crippen molar-refractivity contribution in [2.75, 3.05) is 0 Å². The number of nitrogens with two attached hydrogens (primary N) is 1. The van der Waals surface area contributed by atoms with Crippen molar-refractivity contribution in [1.29, 1.82) is 0 Å². The molecule has 3 nitrogen and oxygen atoms in total. The topological polar surface area (TPSA) is 63.3 Å². The van der Waals surface area contributed by atoms with E-state index in [1.807, 2.05) is 24.3 Å². The Morgan fingerprint density at radius 3 is 2.17 bits per heavy atom. The van der Waals surface area contributed by atoms with Crippen molar-refractivity contribution in [3.8, 4) is 0 Å². The fourth-order valence-electron chi connectivity index (χ4n) is 4.60. The van der Waals surface area contributed by atoms with Crippen LogP contribution >= 0.6 is 11.3 Å². The minimum Gasteiger partial charge on any atom is -0.392 e. The van der Waals surface area contributed by atoms with Gasteiger partial charge in [0.2, 0.25) is 5.91 Å². The van der Waals surface area contributed by atoms with E-state index in [1.165, 1.54) is 20.9 Å². The van der Waals surface area contributed by atoms with E-state index in [4.69, 9.17) is 5.73 Å². The Balaban J connectivity index is 2.45. The van der Waals surface area contributed by atoms with Crippen LogP contribution in [0.4, 0.5) is 0 Å². The summed E-state index contributed by atoms with van der Waals surface area (Å²) in [7, 11) is 0. The van der Waals surface area contributed by atoms with E-state index in [2.05, 4.69) is 66.7 Å². The molecule has 0 aliphatic heterocycles. The Bertz CT molecular complexity index is 887. The van der Waals surface area contributed by atoms with Crippen molar-refractivity contribution in [3.63, 3.8) is 0 Å². The summed E-state index contributed by atoms with van der Waals surface area (Å²) in [4.78, 5) is 14.4. The predicted octanol–water partition coefficient (Wildman–Crippen LogP) is 6.16. The van der Waals surface area contributed by atoms with Crippen molar-refractivity contribution in [1.82, 2.24) is 0 Å². The van der Waals surface area contributed by atoms with E-state index in [1.54, 1.807) is 0 Å². The first kappa shape index (κ1) is 24.6. The van der Waals surface area contributed by atoms with Crippen molar-refractivity contribution < 1.29 is 9.90 Å². The van der Waals surface area contributed by atoms with E-state index in [0.29, 0.717) is 5.56 Å². The molecule has 3 N–H and O–H groups in total. The Kier molecular flexibility index (Phi) is 7.58. The van der Waals surface area contributed by atoms with Gasteiger partial charge in [-0.3, -0.25) is 4.79 Å². The average molecular weight is 430 g/mol. The van der Waals surface area contributed by atoms with Crippen LogP contribution in [-0.4, -0.2) is 17.1 Å². The van der Waals surface area contributed by atoms with Crippen molar-refractivity contribution in [2.24, 2.45) is 17.1 Å². The standard InChI is InChI=1S/C26H39NO2S/c1-9-26(10-2,19-11-12-20(24(27)29)16(3)13-19)22-15-17(4)21(30-22)14-18(5)23(28)25(6,7)8/h11-13,15,18,23,28H,9-10,14H2,1-8H3,(H2,27,29). The lowest BCUT2D eigenvalue weighted by Crippen LogP contribution is -2.33. The maximum absolute atomic E-state index is 11.7. The molecule has 1 aromatic carbocycles. The summed E-state index contributed by atoms with van der Waals surface area (Å²) in [6, 6.07) is 8.41. The molecule has 30 heavy (non-hydrogen) atoms. The van der Waals surface area contributed by atoms with Crippen LogP contribution in [0.5, 0.6) is 0 Å². The Labute approximate surface area is 186 Å². The smallest absolute Gasteiger partial charge is 0.248 e. The summed E-state index contributed by atoms with van der Waals surface area (Å²) >= 11 is 1.88. The Morgan fingerprint density at radius 2 is 1.70 bits per heavy atom. The molecular weight excluding hydrogens is 390 g/mol. The monoisotopic (exact) mass is 429 g/mol. The number of aryl methyl sites for hydroxylation is 2. The molecule has 0 radical (unpaired) electrons. The van der Waals surface area contributed by atoms with Crippen LogP contribution < -0.4 is 5.73 Å². The number of aliphatic hydroxyl groups excluding tert-OH is 1. The normalized spacial score (nSPS) is 14.6. The summed E-state index contributed by atoms with van der Waals surface area (Å²) in [6.45, 7) is 17.1. The quantitative estimate of drug-likeness (QED) is 0.528. The molecular formula is C26H39NO2S. The van der Waals surface area contributed by atoms with E-state index < -0.39 is 0 Å². The molecule has 1 heterocycles. The van der Waals surface area contributed by atoms with Crippen LogP contribution in [0.3, 0.4) is 0 Å². The zero-order chi connectivity index (χ0) is 22.9. The highest BCUT2D eigenvalue weighted by Gasteiger charge is 2.34. The van der Waals surface area contributed by atoms with Crippen molar-refractivity contribution in [3.05, 3.63) is 56.3 Å². The summed E-state index contributed by atoms with van der Waals surface area (Å²) in [5.74, 6) is -0.178. The molecule has 0 fully saturated rings. The van der Waals surface area contributed by atoms with Gasteiger partial charge in [-0.2, -0.15) is 0 Å². The highest BCUT2D eigenvalue weighted by Crippen LogP contribution is 2.44. The molecule has 0 aliphatic rings. The first-order valence-corrected chi connectivity index (χ1v) is 11.9. The molecule has 1 amide bonds. The van der Waals surface area contributed by atoms with Gasteiger partial charge in [0.05, 0.1) is 6.10 Å². The average Bonchev–Trinajstić information content (AvgIpc) is 3.02. The van der Waals surface area contributed by atoms with Gasteiger partial charge in [-0.1, -0.05) is 53.7 Å². The lowest BCUT2D eigenvalue weighted by Gasteiger charge is -2.32. The first-order chi connectivity index (χ1) is 13.9. The number of primary amides is 1. The zero-order valence-corrected chi connectivity index (χ0v) is 20.7. The zero-order valence-electron chi connectivity index (χ0n) is 19.9. The molecule has 1 aromatic heterocycles. The van der Waals surface area contributed by atoms with Gasteiger partial charge in [0.15, 0.2) is 0 Å². The minimum absolute atomic E-state index is 0.0828. The van der Waals surface area contributed by atoms with Gasteiger partial charge in [0.1, 0.15) is 0 Å². The van der Waals surface area contributed by atoms with E-state index in [-0.39, 0.29) is 28.8 Å². The number of carbonyl (C=O) groups is 1. The van der Waals surface area contributed by atoms with Gasteiger partial charge < -0.3 is 10.8 Å². The molecule has 0 aliphatic carbocycles. The number of benzene rings is 1. The maximum atomic E-state index is 11.7. The first-order valence-electron chi connectivity index (χ1n) is 11.1. The van der Waals surface area contributed by atoms with Gasteiger partial charge in [-0.15, -0.1) is 11.3 Å². The fraction of sp³-hybridized carbons (Fsp3) is 0.577. The fourth-order valence-corrected chi connectivity index (χ4v) is 6.27. The molecule has 2 rings (SSSR count). The predicted molar refractivity (Wildman–Crippen MR) is 128 cm³/mol. The number of carbonyl (C=O) groups excluding carboxylic acids is 1. The second-order valence-electron chi connectivity index (χ2n) is 9.89. The van der Waals surface area contributed by atoms with Crippen molar-refractivity contribution >= 4 is 17.2 Å². The van der Waals surface area contributed by atoms with E-state index in [9.17, 15) is 9.90 Å². The second kappa shape index (κ2) is 9.23. The number of thiophene rings is 1. The largest absolute Gasteiger partial charge is 0.392 e. The maximum Gasteiger partial charge on any atom is 0.248 e. The molecule has 4 heteroatoms. The van der Waals surface area contributed by atoms with E-state index >= 15 is 0 Å². The van der Waals surface area contributed by atoms with Gasteiger partial charge in [-0.25, -0.2) is 0 Å². The number of rotatable bonds is 8. The summed E-state index contributed by atoms with van der Waals surface area (Å²) in [5, 5.41) is 10.7. The molecule has 2 atom stereocenters. The second-order valence-corrected chi connectivity index (χ2v) is 11.0. The molecule has 0 saturated heterocycles. The third-order valence-electron chi connectivity index (χ3n) is 6.68. The third kappa shape index (κ3) is 4.81. The van der Waals surface area contributed by atoms with Crippen LogP contribution in [0.15, 0.2) is 24.3 Å². The summed E-state index contributed by atoms with van der Waals surface area (Å²) in [5.41, 5.74) is 9.38. The molecule has 0 saturated carbocycles. The van der Waals surface area contributed by atoms with Crippen LogP contribution in [-0.2, 0) is 11.8 Å². The van der Waals surface area contributed by atoms with Crippen LogP contribution in [0.1, 0.15) is 91.2 Å². The highest BCUT2D eigenvalue weighted by atomic mass is 32.1. The van der Waals surface area contributed by atoms with Gasteiger partial charge in [0.25, 0.3) is 0 Å². The molecule has 2 unspecified atom stereocenters.